The third-order valence-electron chi connectivity index (χ3n) is 15.3. The van der Waals surface area contributed by atoms with Crippen molar-refractivity contribution >= 4 is 75.6 Å². The number of halogens is 2. The first-order valence-electron chi connectivity index (χ1n) is 28.1. The number of rotatable bonds is 17. The highest BCUT2D eigenvalue weighted by molar-refractivity contribution is 6.36. The number of nitrogens with two attached hydrogens (primary N) is 1. The maximum atomic E-state index is 15.4. The Morgan fingerprint density at radius 3 is 2.04 bits per heavy atom. The van der Waals surface area contributed by atoms with Crippen LogP contribution in [-0.4, -0.2) is 131 Å². The number of fused-ring (bicyclic) bond motifs is 2. The minimum atomic E-state index is -1.38. The molecule has 9 rings (SSSR count). The number of aromatic amines is 1. The molecule has 0 aliphatic carbocycles. The van der Waals surface area contributed by atoms with E-state index in [-0.39, 0.29) is 70.7 Å². The van der Waals surface area contributed by atoms with Crippen molar-refractivity contribution in [2.24, 2.45) is 11.7 Å². The Labute approximate surface area is 491 Å². The van der Waals surface area contributed by atoms with Crippen LogP contribution in [0.4, 0.5) is 4.79 Å². The number of pyridine rings is 1. The zero-order valence-corrected chi connectivity index (χ0v) is 47.3. The molecule has 2 aromatic heterocycles. The highest BCUT2D eigenvalue weighted by Gasteiger charge is 2.45. The Morgan fingerprint density at radius 1 is 0.675 bits per heavy atom. The number of ether oxygens (including phenoxy) is 2. The number of benzene rings is 4. The molecule has 3 saturated heterocycles. The molecule has 0 radical (unpaired) electrons. The van der Waals surface area contributed by atoms with Crippen LogP contribution < -0.4 is 47.7 Å². The van der Waals surface area contributed by atoms with E-state index < -0.39 is 83.9 Å². The smallest absolute Gasteiger partial charge is 0.407 e. The Hall–Kier alpha value is -8.04. The first-order valence-corrected chi connectivity index (χ1v) is 28.8. The van der Waals surface area contributed by atoms with Gasteiger partial charge in [0, 0.05) is 83.9 Å². The zero-order chi connectivity index (χ0) is 58.2. The average Bonchev–Trinajstić information content (AvgIpc) is 4.34. The summed E-state index contributed by atoms with van der Waals surface area (Å²) in [7, 11) is 0. The number of nitrogens with zero attached hydrogens (tertiary/aromatic N) is 2. The van der Waals surface area contributed by atoms with Crippen molar-refractivity contribution in [1.29, 1.82) is 0 Å². The third kappa shape index (κ3) is 16.2. The number of amides is 7. The molecular formula is C61H69Cl2N11O9. The predicted octanol–water partition coefficient (Wildman–Crippen LogP) is 4.59. The van der Waals surface area contributed by atoms with E-state index in [0.717, 1.165) is 16.5 Å². The summed E-state index contributed by atoms with van der Waals surface area (Å²) >= 11 is 12.8. The van der Waals surface area contributed by atoms with Gasteiger partial charge in [0.25, 0.3) is 0 Å². The third-order valence-corrected chi connectivity index (χ3v) is 16.1. The second-order valence-corrected chi connectivity index (χ2v) is 22.0. The molecule has 7 atom stereocenters. The number of para-hydroxylation sites is 1. The van der Waals surface area contributed by atoms with Crippen LogP contribution in [0.5, 0.6) is 5.75 Å². The van der Waals surface area contributed by atoms with E-state index >= 15 is 28.8 Å². The van der Waals surface area contributed by atoms with Crippen molar-refractivity contribution in [3.63, 3.8) is 0 Å². The summed E-state index contributed by atoms with van der Waals surface area (Å²) in [6.07, 6.45) is 4.65. The van der Waals surface area contributed by atoms with Crippen LogP contribution in [0, 0.1) is 5.92 Å². The number of alkyl carbamates (subject to hydrolysis) is 1. The molecule has 0 spiro atoms. The van der Waals surface area contributed by atoms with E-state index in [2.05, 4.69) is 47.2 Å². The minimum absolute atomic E-state index is 0.0145. The van der Waals surface area contributed by atoms with Crippen LogP contribution in [0.25, 0.3) is 10.9 Å². The SMILES string of the molecule is NCCNC(=O)O[C@@H]1C[C@H]2C(=O)N[C@@H](CCc3ccccc3)C(=O)N[C@H](Cc3c[nH]c4ccccc34)C(=O)N[C@@H](CC3CCNCC3)C(=O)N[C@@H](Cc3ccc(OCc4c(Cl)cccc4Cl)cc3)C(=O)N[C@@H](Cc3cccnc3)C(=O)N2C1. The molecule has 6 aromatic rings. The number of hydrogen-bond acceptors (Lipinski definition) is 12. The lowest BCUT2D eigenvalue weighted by molar-refractivity contribution is -0.143. The molecule has 3 fully saturated rings. The van der Waals surface area contributed by atoms with E-state index in [1.165, 1.54) is 4.90 Å². The topological polar surface area (TPSA) is 280 Å². The lowest BCUT2D eigenvalue weighted by Gasteiger charge is -2.32. The van der Waals surface area contributed by atoms with Gasteiger partial charge in [-0.1, -0.05) is 96.0 Å². The number of H-pyrrole nitrogens is 1. The Kier molecular flexibility index (Phi) is 20.7. The van der Waals surface area contributed by atoms with Crippen molar-refractivity contribution in [2.75, 3.05) is 32.7 Å². The maximum absolute atomic E-state index is 15.4. The van der Waals surface area contributed by atoms with Crippen LogP contribution in [-0.2, 0) is 65.8 Å². The van der Waals surface area contributed by atoms with Crippen molar-refractivity contribution in [3.05, 3.63) is 166 Å². The minimum Gasteiger partial charge on any atom is -0.489 e. The second-order valence-electron chi connectivity index (χ2n) is 21.2. The van der Waals surface area contributed by atoms with Gasteiger partial charge in [-0.15, -0.1) is 0 Å². The van der Waals surface area contributed by atoms with E-state index in [1.807, 2.05) is 54.6 Å². The van der Waals surface area contributed by atoms with Crippen LogP contribution in [0.2, 0.25) is 10.0 Å². The van der Waals surface area contributed by atoms with E-state index in [9.17, 15) is 4.79 Å². The predicted molar refractivity (Wildman–Crippen MR) is 313 cm³/mol. The van der Waals surface area contributed by atoms with Crippen molar-refractivity contribution in [1.82, 2.24) is 52.1 Å². The lowest BCUT2D eigenvalue weighted by Crippen LogP contribution is -2.62. The summed E-state index contributed by atoms with van der Waals surface area (Å²) in [6.45, 7) is 1.42. The summed E-state index contributed by atoms with van der Waals surface area (Å²) in [4.78, 5) is 113. The van der Waals surface area contributed by atoms with Gasteiger partial charge in [-0.05, 0) is 110 Å². The fourth-order valence-electron chi connectivity index (χ4n) is 10.9. The Bertz CT molecular complexity index is 3200. The lowest BCUT2D eigenvalue weighted by atomic mass is 9.90. The molecule has 83 heavy (non-hydrogen) atoms. The molecule has 10 N–H and O–H groups in total. The first-order chi connectivity index (χ1) is 40.3. The van der Waals surface area contributed by atoms with Gasteiger partial charge >= 0.3 is 6.09 Å². The van der Waals surface area contributed by atoms with Crippen LogP contribution in [0.15, 0.2) is 128 Å². The molecule has 20 nitrogen and oxygen atoms in total. The van der Waals surface area contributed by atoms with Crippen LogP contribution in [0.1, 0.15) is 59.9 Å². The molecular weight excluding hydrogens is 1100 g/mol. The van der Waals surface area contributed by atoms with E-state index in [1.54, 1.807) is 73.2 Å². The highest BCUT2D eigenvalue weighted by Crippen LogP contribution is 2.28. The summed E-state index contributed by atoms with van der Waals surface area (Å²) in [5.74, 6) is -3.76. The molecule has 3 aliphatic rings. The van der Waals surface area contributed by atoms with E-state index in [4.69, 9.17) is 38.4 Å². The molecule has 5 heterocycles. The fourth-order valence-corrected chi connectivity index (χ4v) is 11.4. The second kappa shape index (κ2) is 28.8. The Balaban J connectivity index is 1.10. The Morgan fingerprint density at radius 2 is 1.31 bits per heavy atom. The van der Waals surface area contributed by atoms with Crippen LogP contribution >= 0.6 is 23.2 Å². The number of carbonyl (C=O) groups is 7. The number of nitrogens with one attached hydrogen (secondary N) is 8. The van der Waals surface area contributed by atoms with Gasteiger partial charge < -0.3 is 62.3 Å². The highest BCUT2D eigenvalue weighted by atomic mass is 35.5. The normalized spacial score (nSPS) is 22.3. The molecule has 436 valence electrons. The molecule has 3 aliphatic heterocycles. The number of carbonyl (C=O) groups excluding carboxylic acids is 7. The largest absolute Gasteiger partial charge is 0.489 e. The summed E-state index contributed by atoms with van der Waals surface area (Å²) in [5.41, 5.74) is 9.79. The summed E-state index contributed by atoms with van der Waals surface area (Å²) < 4.78 is 11.8. The van der Waals surface area contributed by atoms with Gasteiger partial charge in [0.05, 0.1) is 6.54 Å². The van der Waals surface area contributed by atoms with Crippen molar-refractivity contribution in [2.45, 2.75) is 107 Å². The maximum Gasteiger partial charge on any atom is 0.407 e. The first kappa shape index (κ1) is 59.6. The van der Waals surface area contributed by atoms with Gasteiger partial charge in [0.2, 0.25) is 35.4 Å². The number of piperidine rings is 1. The zero-order valence-electron chi connectivity index (χ0n) is 45.8. The molecule has 22 heteroatoms. The molecule has 0 unspecified atom stereocenters. The monoisotopic (exact) mass is 1170 g/mol. The van der Waals surface area contributed by atoms with Gasteiger partial charge in [-0.3, -0.25) is 33.8 Å². The van der Waals surface area contributed by atoms with Gasteiger partial charge in [-0.25, -0.2) is 4.79 Å². The summed E-state index contributed by atoms with van der Waals surface area (Å²) in [6, 6.07) is 24.5. The van der Waals surface area contributed by atoms with Gasteiger partial charge in [0.15, 0.2) is 0 Å². The van der Waals surface area contributed by atoms with E-state index in [0.29, 0.717) is 70.4 Å². The summed E-state index contributed by atoms with van der Waals surface area (Å²) in [5, 5.41) is 22.4. The van der Waals surface area contributed by atoms with Crippen molar-refractivity contribution in [3.8, 4) is 5.75 Å². The van der Waals surface area contributed by atoms with Crippen molar-refractivity contribution < 1.29 is 43.0 Å². The number of hydrogen-bond donors (Lipinski definition) is 9. The standard InChI is InChI=1S/C61H69Cl2N11O9/c62-46-12-6-13-47(63)45(46)36-82-42-18-15-38(16-19-42)28-50-57(77)73-53(30-40-10-7-24-66-33-40)60(80)74-35-43(83-61(81)67-27-23-64)32-54(74)59(79)69-49(20-17-37-8-2-1-3-9-37)55(75)72-52(31-41-34-68-48-14-5-4-11-44(41)48)58(78)71-51(56(76)70-50)29-39-21-25-65-26-22-39/h1-16,18-19,24,33-34,39,43,49-54,65,68H,17,20-23,25-32,35-36,64H2,(H,67,81)(H,69,79)(H,70,76)(H,71,78)(H,72,75)(H,73,77)/t43-,49+,50+,51+,52-,53+,54+/m1/s1. The van der Waals surface area contributed by atoms with Gasteiger partial charge in [0.1, 0.15) is 54.7 Å². The molecule has 7 amide bonds. The van der Waals surface area contributed by atoms with Crippen LogP contribution in [0.3, 0.4) is 0 Å². The molecule has 0 saturated carbocycles. The quantitative estimate of drug-likeness (QED) is 0.0607. The average molecular weight is 1170 g/mol. The van der Waals surface area contributed by atoms with Gasteiger partial charge in [-0.2, -0.15) is 0 Å². The number of aryl methyl sites for hydroxylation is 1. The molecule has 4 aromatic carbocycles. The number of aromatic nitrogens is 2. The molecule has 0 bridgehead atoms. The fraction of sp³-hybridized carbons (Fsp3) is 0.377.